The molecule has 6 heteroatoms. The van der Waals surface area contributed by atoms with Crippen LogP contribution in [0.4, 0.5) is 4.39 Å². The number of amides is 1. The van der Waals surface area contributed by atoms with E-state index < -0.39 is 0 Å². The summed E-state index contributed by atoms with van der Waals surface area (Å²) in [7, 11) is 0. The van der Waals surface area contributed by atoms with E-state index in [1.54, 1.807) is 12.1 Å². The third-order valence-electron chi connectivity index (χ3n) is 3.09. The van der Waals surface area contributed by atoms with Gasteiger partial charge in [0.15, 0.2) is 0 Å². The molecule has 0 aliphatic carbocycles. The molecule has 2 unspecified atom stereocenters. The zero-order chi connectivity index (χ0) is 13.7. The molecule has 2 atom stereocenters. The van der Waals surface area contributed by atoms with E-state index in [-0.39, 0.29) is 36.3 Å². The van der Waals surface area contributed by atoms with Crippen molar-refractivity contribution in [3.05, 3.63) is 30.1 Å². The molecule has 0 bridgehead atoms. The molecule has 20 heavy (non-hydrogen) atoms. The van der Waals surface area contributed by atoms with Crippen LogP contribution >= 0.6 is 12.4 Å². The molecule has 1 saturated heterocycles. The van der Waals surface area contributed by atoms with Gasteiger partial charge in [0, 0.05) is 0 Å². The molecular formula is C14H20ClFN2O2. The molecule has 0 saturated carbocycles. The topological polar surface area (TPSA) is 50.4 Å². The van der Waals surface area contributed by atoms with Crippen molar-refractivity contribution in [2.24, 2.45) is 0 Å². The Bertz CT molecular complexity index is 422. The average molecular weight is 303 g/mol. The number of halogens is 2. The van der Waals surface area contributed by atoms with Gasteiger partial charge in [-0.2, -0.15) is 0 Å². The van der Waals surface area contributed by atoms with Crippen molar-refractivity contribution in [1.29, 1.82) is 0 Å². The van der Waals surface area contributed by atoms with Gasteiger partial charge in [0.25, 0.3) is 0 Å². The molecule has 0 radical (unpaired) electrons. The SMILES string of the molecule is CC(CNC(=O)C1CCCN1)Oc1ccc(F)cc1.Cl. The highest BCUT2D eigenvalue weighted by Crippen LogP contribution is 2.12. The van der Waals surface area contributed by atoms with Crippen LogP contribution in [-0.2, 0) is 4.79 Å². The number of ether oxygens (including phenoxy) is 1. The van der Waals surface area contributed by atoms with Crippen molar-refractivity contribution in [2.45, 2.75) is 31.9 Å². The largest absolute Gasteiger partial charge is 0.489 e. The second kappa shape index (κ2) is 8.07. The normalized spacial score (nSPS) is 19.0. The second-order valence-corrected chi connectivity index (χ2v) is 4.78. The Morgan fingerprint density at radius 2 is 2.20 bits per heavy atom. The van der Waals surface area contributed by atoms with E-state index in [1.807, 2.05) is 6.92 Å². The number of carbonyl (C=O) groups excluding carboxylic acids is 1. The molecule has 1 aliphatic heterocycles. The number of nitrogens with one attached hydrogen (secondary N) is 2. The molecule has 1 aliphatic rings. The Hall–Kier alpha value is -1.33. The van der Waals surface area contributed by atoms with E-state index in [4.69, 9.17) is 4.74 Å². The summed E-state index contributed by atoms with van der Waals surface area (Å²) in [5.41, 5.74) is 0. The van der Waals surface area contributed by atoms with Crippen LogP contribution in [0.15, 0.2) is 24.3 Å². The minimum Gasteiger partial charge on any atom is -0.489 e. The first-order valence-corrected chi connectivity index (χ1v) is 6.58. The van der Waals surface area contributed by atoms with Crippen molar-refractivity contribution in [3.8, 4) is 5.75 Å². The van der Waals surface area contributed by atoms with Crippen LogP contribution in [0.25, 0.3) is 0 Å². The van der Waals surface area contributed by atoms with Crippen LogP contribution in [0.3, 0.4) is 0 Å². The molecule has 112 valence electrons. The van der Waals surface area contributed by atoms with Gasteiger partial charge in [0.1, 0.15) is 17.7 Å². The Morgan fingerprint density at radius 1 is 1.50 bits per heavy atom. The third-order valence-corrected chi connectivity index (χ3v) is 3.09. The Labute approximate surface area is 124 Å². The lowest BCUT2D eigenvalue weighted by molar-refractivity contribution is -0.123. The highest BCUT2D eigenvalue weighted by atomic mass is 35.5. The molecule has 2 N–H and O–H groups in total. The molecule has 2 rings (SSSR count). The predicted molar refractivity (Wildman–Crippen MR) is 77.8 cm³/mol. The molecule has 1 heterocycles. The lowest BCUT2D eigenvalue weighted by Crippen LogP contribution is -2.43. The third kappa shape index (κ3) is 4.98. The van der Waals surface area contributed by atoms with E-state index in [2.05, 4.69) is 10.6 Å². The van der Waals surface area contributed by atoms with Crippen LogP contribution in [0.5, 0.6) is 5.75 Å². The number of hydrogen-bond acceptors (Lipinski definition) is 3. The lowest BCUT2D eigenvalue weighted by Gasteiger charge is -2.17. The van der Waals surface area contributed by atoms with Crippen molar-refractivity contribution >= 4 is 18.3 Å². The van der Waals surface area contributed by atoms with Gasteiger partial charge in [0.05, 0.1) is 12.6 Å². The standard InChI is InChI=1S/C14H19FN2O2.ClH/c1-10(19-12-6-4-11(15)5-7-12)9-17-14(18)13-3-2-8-16-13;/h4-7,10,13,16H,2-3,8-9H2,1H3,(H,17,18);1H. The zero-order valence-electron chi connectivity index (χ0n) is 11.4. The smallest absolute Gasteiger partial charge is 0.237 e. The van der Waals surface area contributed by atoms with Gasteiger partial charge in [-0.1, -0.05) is 0 Å². The van der Waals surface area contributed by atoms with Crippen LogP contribution < -0.4 is 15.4 Å². The van der Waals surface area contributed by atoms with E-state index in [1.165, 1.54) is 12.1 Å². The quantitative estimate of drug-likeness (QED) is 0.873. The van der Waals surface area contributed by atoms with Crippen LogP contribution in [-0.4, -0.2) is 31.1 Å². The Kier molecular flexibility index (Phi) is 6.75. The van der Waals surface area contributed by atoms with Gasteiger partial charge >= 0.3 is 0 Å². The van der Waals surface area contributed by atoms with Crippen molar-refractivity contribution in [3.63, 3.8) is 0 Å². The molecule has 0 spiro atoms. The van der Waals surface area contributed by atoms with E-state index in [0.29, 0.717) is 12.3 Å². The molecule has 1 aromatic rings. The number of benzene rings is 1. The summed E-state index contributed by atoms with van der Waals surface area (Å²) in [6, 6.07) is 5.78. The average Bonchev–Trinajstić information content (AvgIpc) is 2.93. The fourth-order valence-electron chi connectivity index (χ4n) is 2.06. The number of carbonyl (C=O) groups is 1. The molecule has 1 fully saturated rings. The van der Waals surface area contributed by atoms with Gasteiger partial charge in [-0.05, 0) is 50.6 Å². The van der Waals surface area contributed by atoms with E-state index >= 15 is 0 Å². The van der Waals surface area contributed by atoms with Gasteiger partial charge in [-0.25, -0.2) is 4.39 Å². The molecule has 0 aromatic heterocycles. The van der Waals surface area contributed by atoms with E-state index in [0.717, 1.165) is 19.4 Å². The van der Waals surface area contributed by atoms with Crippen LogP contribution in [0, 0.1) is 5.82 Å². The fourth-order valence-corrected chi connectivity index (χ4v) is 2.06. The van der Waals surface area contributed by atoms with Gasteiger partial charge in [-0.15, -0.1) is 12.4 Å². The minimum atomic E-state index is -0.291. The van der Waals surface area contributed by atoms with Crippen molar-refractivity contribution < 1.29 is 13.9 Å². The highest BCUT2D eigenvalue weighted by Gasteiger charge is 2.21. The molecule has 1 aromatic carbocycles. The number of hydrogen-bond donors (Lipinski definition) is 2. The maximum atomic E-state index is 12.7. The maximum absolute atomic E-state index is 12.7. The second-order valence-electron chi connectivity index (χ2n) is 4.78. The summed E-state index contributed by atoms with van der Waals surface area (Å²) in [4.78, 5) is 11.8. The number of rotatable bonds is 5. The lowest BCUT2D eigenvalue weighted by atomic mass is 10.2. The summed E-state index contributed by atoms with van der Waals surface area (Å²) in [5, 5.41) is 6.00. The first-order valence-electron chi connectivity index (χ1n) is 6.58. The van der Waals surface area contributed by atoms with Crippen LogP contribution in [0.1, 0.15) is 19.8 Å². The molecule has 4 nitrogen and oxygen atoms in total. The minimum absolute atomic E-state index is 0. The predicted octanol–water partition coefficient (Wildman–Crippen LogP) is 1.88. The first kappa shape index (κ1) is 16.7. The molecule has 1 amide bonds. The Balaban J connectivity index is 0.00000200. The highest BCUT2D eigenvalue weighted by molar-refractivity contribution is 5.85. The van der Waals surface area contributed by atoms with Crippen molar-refractivity contribution in [1.82, 2.24) is 10.6 Å². The fraction of sp³-hybridized carbons (Fsp3) is 0.500. The first-order chi connectivity index (χ1) is 9.15. The maximum Gasteiger partial charge on any atom is 0.237 e. The summed E-state index contributed by atoms with van der Waals surface area (Å²) >= 11 is 0. The van der Waals surface area contributed by atoms with Crippen LogP contribution in [0.2, 0.25) is 0 Å². The summed E-state index contributed by atoms with van der Waals surface area (Å²) < 4.78 is 18.3. The van der Waals surface area contributed by atoms with Gasteiger partial charge < -0.3 is 15.4 Å². The zero-order valence-corrected chi connectivity index (χ0v) is 12.2. The summed E-state index contributed by atoms with van der Waals surface area (Å²) in [6.45, 7) is 3.21. The monoisotopic (exact) mass is 302 g/mol. The van der Waals surface area contributed by atoms with Crippen molar-refractivity contribution in [2.75, 3.05) is 13.1 Å². The van der Waals surface area contributed by atoms with Gasteiger partial charge in [-0.3, -0.25) is 4.79 Å². The summed E-state index contributed by atoms with van der Waals surface area (Å²) in [5.74, 6) is 0.329. The van der Waals surface area contributed by atoms with E-state index in [9.17, 15) is 9.18 Å². The summed E-state index contributed by atoms with van der Waals surface area (Å²) in [6.07, 6.45) is 1.77. The molecular weight excluding hydrogens is 283 g/mol. The van der Waals surface area contributed by atoms with Gasteiger partial charge in [0.2, 0.25) is 5.91 Å². The Morgan fingerprint density at radius 3 is 2.80 bits per heavy atom.